The number of methoxy groups -OCH3 is 1. The van der Waals surface area contributed by atoms with Crippen LogP contribution >= 0.6 is 0 Å². The molecule has 2 rings (SSSR count). The van der Waals surface area contributed by atoms with Crippen LogP contribution in [-0.4, -0.2) is 12.2 Å². The average molecular weight is 202 g/mol. The minimum atomic E-state index is 0.369. The van der Waals surface area contributed by atoms with Crippen LogP contribution in [-0.2, 0) is 6.42 Å². The average Bonchev–Trinajstić information content (AvgIpc) is 2.30. The Kier molecular flexibility index (Phi) is 2.50. The zero-order valence-electron chi connectivity index (χ0n) is 8.95. The molecule has 0 unspecified atom stereocenters. The van der Waals surface area contributed by atoms with Crippen LogP contribution in [0.2, 0.25) is 0 Å². The van der Waals surface area contributed by atoms with Gasteiger partial charge in [-0.25, -0.2) is 0 Å². The molecule has 0 amide bonds. The first-order valence-corrected chi connectivity index (χ1v) is 5.05. The van der Waals surface area contributed by atoms with E-state index in [1.54, 1.807) is 7.11 Å². The van der Waals surface area contributed by atoms with Crippen LogP contribution in [0.15, 0.2) is 30.3 Å². The third-order valence-electron chi connectivity index (χ3n) is 2.66. The largest absolute Gasteiger partial charge is 0.507 e. The molecule has 2 nitrogen and oxygen atoms in total. The van der Waals surface area contributed by atoms with Crippen molar-refractivity contribution in [2.75, 3.05) is 7.11 Å². The second kappa shape index (κ2) is 3.81. The first-order chi connectivity index (χ1) is 7.27. The van der Waals surface area contributed by atoms with Crippen LogP contribution in [0, 0.1) is 0 Å². The summed E-state index contributed by atoms with van der Waals surface area (Å²) in [6.45, 7) is 2.02. The molecular weight excluding hydrogens is 188 g/mol. The first kappa shape index (κ1) is 9.84. The van der Waals surface area contributed by atoms with Crippen LogP contribution in [0.1, 0.15) is 12.5 Å². The standard InChI is InChI=1S/C13H14O2/c1-3-9-8-12(15-2)10-6-4-5-7-11(10)13(9)14/h4-8,14H,3H2,1-2H3. The molecule has 0 bridgehead atoms. The molecule has 0 aliphatic carbocycles. The van der Waals surface area contributed by atoms with Gasteiger partial charge < -0.3 is 9.84 Å². The highest BCUT2D eigenvalue weighted by Crippen LogP contribution is 2.35. The van der Waals surface area contributed by atoms with Gasteiger partial charge in [0.25, 0.3) is 0 Å². The Bertz CT molecular complexity index is 489. The monoisotopic (exact) mass is 202 g/mol. The van der Waals surface area contributed by atoms with E-state index in [0.717, 1.165) is 28.5 Å². The molecule has 0 saturated carbocycles. The lowest BCUT2D eigenvalue weighted by Crippen LogP contribution is -1.89. The van der Waals surface area contributed by atoms with Gasteiger partial charge in [0.1, 0.15) is 11.5 Å². The fourth-order valence-electron chi connectivity index (χ4n) is 1.82. The lowest BCUT2D eigenvalue weighted by Gasteiger charge is -2.10. The number of hydrogen-bond donors (Lipinski definition) is 1. The van der Waals surface area contributed by atoms with Crippen molar-refractivity contribution < 1.29 is 9.84 Å². The van der Waals surface area contributed by atoms with Gasteiger partial charge in [0, 0.05) is 10.8 Å². The number of aromatic hydroxyl groups is 1. The van der Waals surface area contributed by atoms with E-state index in [-0.39, 0.29) is 0 Å². The summed E-state index contributed by atoms with van der Waals surface area (Å²) < 4.78 is 5.31. The highest BCUT2D eigenvalue weighted by Gasteiger charge is 2.09. The zero-order chi connectivity index (χ0) is 10.8. The molecule has 2 aromatic rings. The van der Waals surface area contributed by atoms with Crippen molar-refractivity contribution in [3.8, 4) is 11.5 Å². The summed E-state index contributed by atoms with van der Waals surface area (Å²) in [6.07, 6.45) is 0.799. The van der Waals surface area contributed by atoms with Crippen molar-refractivity contribution in [3.05, 3.63) is 35.9 Å². The maximum atomic E-state index is 10.0. The molecule has 15 heavy (non-hydrogen) atoms. The molecule has 0 aromatic heterocycles. The molecule has 1 N–H and O–H groups in total. The molecule has 0 atom stereocenters. The van der Waals surface area contributed by atoms with Gasteiger partial charge in [-0.3, -0.25) is 0 Å². The van der Waals surface area contributed by atoms with Gasteiger partial charge in [-0.1, -0.05) is 31.2 Å². The van der Waals surface area contributed by atoms with Crippen molar-refractivity contribution in [2.24, 2.45) is 0 Å². The SMILES string of the molecule is CCc1cc(OC)c2ccccc2c1O. The molecule has 0 fully saturated rings. The van der Waals surface area contributed by atoms with E-state index >= 15 is 0 Å². The number of benzene rings is 2. The van der Waals surface area contributed by atoms with Gasteiger partial charge in [-0.2, -0.15) is 0 Å². The minimum Gasteiger partial charge on any atom is -0.507 e. The quantitative estimate of drug-likeness (QED) is 0.810. The minimum absolute atomic E-state index is 0.369. The lowest BCUT2D eigenvalue weighted by molar-refractivity contribution is 0.417. The smallest absolute Gasteiger partial charge is 0.127 e. The molecule has 0 heterocycles. The Balaban J connectivity index is 2.84. The van der Waals surface area contributed by atoms with Crippen molar-refractivity contribution in [3.63, 3.8) is 0 Å². The van der Waals surface area contributed by atoms with Crippen LogP contribution in [0.4, 0.5) is 0 Å². The van der Waals surface area contributed by atoms with Crippen molar-refractivity contribution in [1.29, 1.82) is 0 Å². The Hall–Kier alpha value is -1.70. The predicted molar refractivity (Wildman–Crippen MR) is 61.5 cm³/mol. The summed E-state index contributed by atoms with van der Waals surface area (Å²) in [5, 5.41) is 11.8. The normalized spacial score (nSPS) is 10.5. The van der Waals surface area contributed by atoms with Gasteiger partial charge in [0.2, 0.25) is 0 Å². The summed E-state index contributed by atoms with van der Waals surface area (Å²) in [5.41, 5.74) is 0.922. The van der Waals surface area contributed by atoms with Crippen LogP contribution < -0.4 is 4.74 Å². The van der Waals surface area contributed by atoms with E-state index in [9.17, 15) is 5.11 Å². The van der Waals surface area contributed by atoms with E-state index in [1.807, 2.05) is 37.3 Å². The Labute approximate surface area is 89.1 Å². The van der Waals surface area contributed by atoms with E-state index in [1.165, 1.54) is 0 Å². The van der Waals surface area contributed by atoms with Gasteiger partial charge >= 0.3 is 0 Å². The van der Waals surface area contributed by atoms with E-state index in [0.29, 0.717) is 5.75 Å². The van der Waals surface area contributed by atoms with Gasteiger partial charge in [-0.15, -0.1) is 0 Å². The summed E-state index contributed by atoms with van der Waals surface area (Å²) >= 11 is 0. The molecule has 78 valence electrons. The van der Waals surface area contributed by atoms with E-state index < -0.39 is 0 Å². The third kappa shape index (κ3) is 1.52. The topological polar surface area (TPSA) is 29.5 Å². The number of fused-ring (bicyclic) bond motifs is 1. The molecule has 0 saturated heterocycles. The Morgan fingerprint density at radius 3 is 2.47 bits per heavy atom. The maximum absolute atomic E-state index is 10.0. The van der Waals surface area contributed by atoms with Crippen LogP contribution in [0.5, 0.6) is 11.5 Å². The fourth-order valence-corrected chi connectivity index (χ4v) is 1.82. The second-order valence-electron chi connectivity index (χ2n) is 3.49. The van der Waals surface area contributed by atoms with E-state index in [4.69, 9.17) is 4.74 Å². The summed E-state index contributed by atoms with van der Waals surface area (Å²) in [6, 6.07) is 9.62. The number of ether oxygens (including phenoxy) is 1. The highest BCUT2D eigenvalue weighted by atomic mass is 16.5. The zero-order valence-corrected chi connectivity index (χ0v) is 8.95. The van der Waals surface area contributed by atoms with Crippen molar-refractivity contribution in [2.45, 2.75) is 13.3 Å². The molecule has 2 heteroatoms. The summed E-state index contributed by atoms with van der Waals surface area (Å²) in [7, 11) is 1.65. The summed E-state index contributed by atoms with van der Waals surface area (Å²) in [4.78, 5) is 0. The molecular formula is C13H14O2. The molecule has 0 radical (unpaired) electrons. The second-order valence-corrected chi connectivity index (χ2v) is 3.49. The predicted octanol–water partition coefficient (Wildman–Crippen LogP) is 3.12. The lowest BCUT2D eigenvalue weighted by atomic mass is 10.0. The van der Waals surface area contributed by atoms with E-state index in [2.05, 4.69) is 0 Å². The summed E-state index contributed by atoms with van der Waals surface area (Å²) in [5.74, 6) is 1.19. The molecule has 0 aliphatic heterocycles. The number of aryl methyl sites for hydroxylation is 1. The number of phenols is 1. The van der Waals surface area contributed by atoms with Crippen molar-refractivity contribution >= 4 is 10.8 Å². The van der Waals surface area contributed by atoms with Crippen molar-refractivity contribution in [1.82, 2.24) is 0 Å². The Morgan fingerprint density at radius 1 is 1.20 bits per heavy atom. The van der Waals surface area contributed by atoms with Crippen LogP contribution in [0.25, 0.3) is 10.8 Å². The third-order valence-corrected chi connectivity index (χ3v) is 2.66. The highest BCUT2D eigenvalue weighted by molar-refractivity contribution is 5.94. The number of rotatable bonds is 2. The molecule has 2 aromatic carbocycles. The van der Waals surface area contributed by atoms with Crippen LogP contribution in [0.3, 0.4) is 0 Å². The molecule has 0 spiro atoms. The van der Waals surface area contributed by atoms with Gasteiger partial charge in [-0.05, 0) is 18.1 Å². The van der Waals surface area contributed by atoms with Gasteiger partial charge in [0.05, 0.1) is 7.11 Å². The maximum Gasteiger partial charge on any atom is 0.127 e. The Morgan fingerprint density at radius 2 is 1.87 bits per heavy atom. The fraction of sp³-hybridized carbons (Fsp3) is 0.231. The molecule has 0 aliphatic rings. The number of hydrogen-bond acceptors (Lipinski definition) is 2. The first-order valence-electron chi connectivity index (χ1n) is 5.05. The number of phenolic OH excluding ortho intramolecular Hbond substituents is 1. The van der Waals surface area contributed by atoms with Gasteiger partial charge in [0.15, 0.2) is 0 Å².